The van der Waals surface area contributed by atoms with Crippen LogP contribution in [0.4, 0.5) is 5.69 Å². The maximum absolute atomic E-state index is 8.87. The Morgan fingerprint density at radius 2 is 2.00 bits per heavy atom. The van der Waals surface area contributed by atoms with Gasteiger partial charge in [0, 0.05) is 61.3 Å². The van der Waals surface area contributed by atoms with Crippen LogP contribution in [0.15, 0.2) is 47.5 Å². The number of aromatic amines is 1. The van der Waals surface area contributed by atoms with Crippen LogP contribution in [0.25, 0.3) is 10.9 Å². The highest BCUT2D eigenvalue weighted by atomic mass is 15.2. The molecule has 0 amide bonds. The van der Waals surface area contributed by atoms with Crippen molar-refractivity contribution in [3.05, 3.63) is 64.8 Å². The molecule has 2 aliphatic heterocycles. The molecule has 0 aliphatic carbocycles. The summed E-state index contributed by atoms with van der Waals surface area (Å²) in [6.07, 6.45) is 5.69. The summed E-state index contributed by atoms with van der Waals surface area (Å²) in [6, 6.07) is 14.2. The largest absolute Gasteiger partial charge is 0.398 e. The maximum Gasteiger partial charge on any atom is 0.0868 e. The molecule has 2 fully saturated rings. The second-order valence-electron chi connectivity index (χ2n) is 10.4. The van der Waals surface area contributed by atoms with Crippen LogP contribution >= 0.6 is 0 Å². The Labute approximate surface area is 207 Å². The zero-order valence-electron chi connectivity index (χ0n) is 20.6. The first-order valence-electron chi connectivity index (χ1n) is 12.3. The van der Waals surface area contributed by atoms with Gasteiger partial charge in [-0.1, -0.05) is 12.1 Å². The highest BCUT2D eigenvalue weighted by Crippen LogP contribution is 2.39. The van der Waals surface area contributed by atoms with Gasteiger partial charge in [-0.3, -0.25) is 15.3 Å². The number of fused-ring (bicyclic) bond motifs is 1. The predicted octanol–water partition coefficient (Wildman–Crippen LogP) is 4.13. The first kappa shape index (κ1) is 23.5. The van der Waals surface area contributed by atoms with E-state index in [1.54, 1.807) is 13.3 Å². The quantitative estimate of drug-likeness (QED) is 0.309. The molecular formula is C28H35N7. The van der Waals surface area contributed by atoms with Gasteiger partial charge < -0.3 is 21.0 Å². The molecule has 5 N–H and O–H groups in total. The fourth-order valence-electron chi connectivity index (χ4n) is 5.86. The summed E-state index contributed by atoms with van der Waals surface area (Å²) >= 11 is 0. The Hall–Kier alpha value is -3.29. The number of anilines is 1. The maximum atomic E-state index is 8.87. The monoisotopic (exact) mass is 469 g/mol. The van der Waals surface area contributed by atoms with Crippen LogP contribution in [0.3, 0.4) is 0 Å². The van der Waals surface area contributed by atoms with Gasteiger partial charge in [0.25, 0.3) is 0 Å². The molecule has 2 aromatic carbocycles. The summed E-state index contributed by atoms with van der Waals surface area (Å²) in [5.74, 6) is -0.230. The van der Waals surface area contributed by atoms with E-state index in [1.807, 2.05) is 24.3 Å². The first-order valence-corrected chi connectivity index (χ1v) is 12.3. The fraction of sp³-hybridized carbons (Fsp3) is 0.393. The molecule has 1 spiro atoms. The lowest BCUT2D eigenvalue weighted by Crippen LogP contribution is -2.29. The number of rotatable bonds is 7. The van der Waals surface area contributed by atoms with E-state index in [4.69, 9.17) is 16.6 Å². The highest BCUT2D eigenvalue weighted by Gasteiger charge is 2.42. The van der Waals surface area contributed by atoms with Crippen molar-refractivity contribution in [3.63, 3.8) is 0 Å². The van der Waals surface area contributed by atoms with Crippen LogP contribution in [0.2, 0.25) is 0 Å². The Kier molecular flexibility index (Phi) is 6.30. The van der Waals surface area contributed by atoms with E-state index in [0.717, 1.165) is 28.7 Å². The van der Waals surface area contributed by atoms with Gasteiger partial charge in [0.2, 0.25) is 0 Å². The first-order chi connectivity index (χ1) is 16.9. The van der Waals surface area contributed by atoms with Crippen molar-refractivity contribution < 1.29 is 0 Å². The molecular weight excluding hydrogens is 434 g/mol. The van der Waals surface area contributed by atoms with E-state index in [0.29, 0.717) is 22.4 Å². The average molecular weight is 470 g/mol. The van der Waals surface area contributed by atoms with Gasteiger partial charge in [-0.15, -0.1) is 0 Å². The molecule has 2 aliphatic rings. The van der Waals surface area contributed by atoms with Gasteiger partial charge in [-0.2, -0.15) is 0 Å². The molecule has 0 bridgehead atoms. The van der Waals surface area contributed by atoms with Gasteiger partial charge in [0.1, 0.15) is 0 Å². The Morgan fingerprint density at radius 3 is 2.74 bits per heavy atom. The van der Waals surface area contributed by atoms with Gasteiger partial charge in [-0.05, 0) is 79.9 Å². The van der Waals surface area contributed by atoms with Crippen molar-refractivity contribution in [1.29, 1.82) is 10.8 Å². The summed E-state index contributed by atoms with van der Waals surface area (Å²) in [6.45, 7) is 5.78. The third kappa shape index (κ3) is 4.66. The molecule has 3 heterocycles. The lowest BCUT2D eigenvalue weighted by atomic mass is 9.86. The topological polar surface area (TPSA) is 108 Å². The minimum Gasteiger partial charge on any atom is -0.398 e. The van der Waals surface area contributed by atoms with Crippen LogP contribution in [0.1, 0.15) is 41.1 Å². The van der Waals surface area contributed by atoms with Crippen molar-refractivity contribution in [1.82, 2.24) is 14.8 Å². The van der Waals surface area contributed by atoms with Crippen LogP contribution in [0, 0.1) is 16.2 Å². The van der Waals surface area contributed by atoms with Gasteiger partial charge in [0.05, 0.1) is 17.3 Å². The Balaban J connectivity index is 1.35. The summed E-state index contributed by atoms with van der Waals surface area (Å²) in [5.41, 5.74) is 12.3. The molecule has 2 saturated heterocycles. The smallest absolute Gasteiger partial charge is 0.0868 e. The van der Waals surface area contributed by atoms with Crippen molar-refractivity contribution in [3.8, 4) is 0 Å². The van der Waals surface area contributed by atoms with Gasteiger partial charge in [-0.25, -0.2) is 0 Å². The van der Waals surface area contributed by atoms with Crippen molar-refractivity contribution in [2.45, 2.75) is 25.3 Å². The molecule has 2 unspecified atom stereocenters. The summed E-state index contributed by atoms with van der Waals surface area (Å²) in [7, 11) is 3.94. The Bertz CT molecular complexity index is 1290. The third-order valence-corrected chi connectivity index (χ3v) is 7.73. The SMILES string of the molecule is CN=CC(C=N)c1ccc(N)c(C(=N)c2cc3cc(CN4CCC5(CCN(C)C5)C4)ccc3[nH]2)c1. The molecule has 0 saturated carbocycles. The van der Waals surface area contributed by atoms with Crippen LogP contribution in [0.5, 0.6) is 0 Å². The molecule has 2 atom stereocenters. The van der Waals surface area contributed by atoms with E-state index < -0.39 is 0 Å². The molecule has 5 rings (SSSR count). The second-order valence-corrected chi connectivity index (χ2v) is 10.4. The number of nitrogen functional groups attached to an aromatic ring is 1. The number of H-pyrrole nitrogens is 1. The second kappa shape index (κ2) is 9.40. The Morgan fingerprint density at radius 1 is 1.17 bits per heavy atom. The zero-order chi connectivity index (χ0) is 24.6. The van der Waals surface area contributed by atoms with Crippen molar-refractivity contribution in [2.24, 2.45) is 10.4 Å². The number of aromatic nitrogens is 1. The van der Waals surface area contributed by atoms with Crippen LogP contribution in [-0.2, 0) is 6.54 Å². The van der Waals surface area contributed by atoms with E-state index in [9.17, 15) is 0 Å². The lowest BCUT2D eigenvalue weighted by molar-refractivity contribution is 0.250. The highest BCUT2D eigenvalue weighted by molar-refractivity contribution is 6.14. The number of nitrogens with two attached hydrogens (primary N) is 1. The minimum atomic E-state index is -0.230. The van der Waals surface area contributed by atoms with Crippen LogP contribution in [-0.4, -0.2) is 73.2 Å². The molecule has 0 radical (unpaired) electrons. The third-order valence-electron chi connectivity index (χ3n) is 7.73. The zero-order valence-corrected chi connectivity index (χ0v) is 20.6. The van der Waals surface area contributed by atoms with E-state index >= 15 is 0 Å². The van der Waals surface area contributed by atoms with E-state index in [2.05, 4.69) is 45.0 Å². The average Bonchev–Trinajstić information content (AvgIpc) is 3.55. The molecule has 3 aromatic rings. The fourth-order valence-corrected chi connectivity index (χ4v) is 5.86. The number of hydrogen-bond donors (Lipinski definition) is 4. The number of nitrogens with one attached hydrogen (secondary N) is 3. The molecule has 7 nitrogen and oxygen atoms in total. The lowest BCUT2D eigenvalue weighted by Gasteiger charge is -2.24. The standard InChI is InChI=1S/C28H35N7/c1-32-15-22(14-29)20-4-5-24(30)23(12-20)27(31)26-13-21-11-19(3-6-25(21)33-26)16-35-10-8-28(18-35)7-9-34(2)17-28/h3-6,11-15,22,29,31,33H,7-10,16-18,30H2,1-2H3. The normalized spacial score (nSPS) is 22.0. The van der Waals surface area contributed by atoms with E-state index in [-0.39, 0.29) is 5.92 Å². The number of aliphatic imine (C=N–C) groups is 1. The van der Waals surface area contributed by atoms with Crippen molar-refractivity contribution >= 4 is 34.7 Å². The van der Waals surface area contributed by atoms with E-state index in [1.165, 1.54) is 50.8 Å². The molecule has 7 heteroatoms. The predicted molar refractivity (Wildman–Crippen MR) is 145 cm³/mol. The number of nitrogens with zero attached hydrogens (tertiary/aromatic N) is 3. The van der Waals surface area contributed by atoms with Crippen molar-refractivity contribution in [2.75, 3.05) is 46.0 Å². The molecule has 35 heavy (non-hydrogen) atoms. The summed E-state index contributed by atoms with van der Waals surface area (Å²) in [5, 5.41) is 17.7. The van der Waals surface area contributed by atoms with Gasteiger partial charge in [0.15, 0.2) is 0 Å². The number of benzene rings is 2. The van der Waals surface area contributed by atoms with Crippen LogP contribution < -0.4 is 5.73 Å². The molecule has 1 aromatic heterocycles. The summed E-state index contributed by atoms with van der Waals surface area (Å²) in [4.78, 5) is 12.5. The molecule has 182 valence electrons. The number of likely N-dealkylation sites (tertiary alicyclic amines) is 2. The number of hydrogen-bond acceptors (Lipinski definition) is 6. The van der Waals surface area contributed by atoms with Gasteiger partial charge >= 0.3 is 0 Å². The summed E-state index contributed by atoms with van der Waals surface area (Å²) < 4.78 is 0. The minimum absolute atomic E-state index is 0.230.